The van der Waals surface area contributed by atoms with E-state index in [0.29, 0.717) is 0 Å². The molecule has 0 fully saturated rings. The molecule has 0 aliphatic carbocycles. The summed E-state index contributed by atoms with van der Waals surface area (Å²) in [6, 6.07) is 4.28. The average molecular weight is 391 g/mol. The SMILES string of the molecule is C[Si](C)(C)[C]1=Cc2ccc(C(F)(F)F)c[c]2[Sn]1([CH3])[CH3]. The molecule has 1 aromatic carbocycles. The molecule has 0 bridgehead atoms. The van der Waals surface area contributed by atoms with Crippen LogP contribution < -0.4 is 3.58 Å². The Hall–Kier alpha value is -0.234. The first kappa shape index (κ1) is 15.2. The van der Waals surface area contributed by atoms with Crippen LogP contribution in [0.2, 0.25) is 29.5 Å². The number of alkyl halides is 3. The topological polar surface area (TPSA) is 0 Å². The first-order valence-corrected chi connectivity index (χ1v) is 18.4. The van der Waals surface area contributed by atoms with E-state index in [0.717, 1.165) is 9.14 Å². The third-order valence-corrected chi connectivity index (χ3v) is 25.5. The number of rotatable bonds is 1. The summed E-state index contributed by atoms with van der Waals surface area (Å²) in [5.41, 5.74) is 0.535. The van der Waals surface area contributed by atoms with E-state index in [9.17, 15) is 13.2 Å². The van der Waals surface area contributed by atoms with Crippen LogP contribution in [0.5, 0.6) is 0 Å². The standard InChI is InChI=1S/C12H13F3Si.2CH3.Sn/c1-16(2,3)9-8-10-4-6-11(7-5-10)12(13,14)15;;;/h4,6-8H,1-3H3;2*1H3;. The fourth-order valence-electron chi connectivity index (χ4n) is 3.03. The molecule has 0 aromatic heterocycles. The van der Waals surface area contributed by atoms with Crippen LogP contribution in [0, 0.1) is 0 Å². The second kappa shape index (κ2) is 4.38. The molecule has 1 aliphatic rings. The molecule has 1 aliphatic heterocycles. The molecule has 1 aromatic rings. The molecule has 0 radical (unpaired) electrons. The fourth-order valence-corrected chi connectivity index (χ4v) is 28.7. The molecule has 104 valence electrons. The molecule has 2 rings (SSSR count). The van der Waals surface area contributed by atoms with E-state index in [1.165, 1.54) is 15.3 Å². The zero-order valence-corrected chi connectivity index (χ0v) is 15.8. The molecule has 1 heterocycles. The van der Waals surface area contributed by atoms with Crippen molar-refractivity contribution in [3.05, 3.63) is 32.5 Å². The van der Waals surface area contributed by atoms with E-state index in [1.54, 1.807) is 6.07 Å². The van der Waals surface area contributed by atoms with Crippen molar-refractivity contribution < 1.29 is 13.2 Å². The van der Waals surface area contributed by atoms with Gasteiger partial charge in [0, 0.05) is 0 Å². The van der Waals surface area contributed by atoms with Crippen LogP contribution in [0.1, 0.15) is 11.1 Å². The van der Waals surface area contributed by atoms with E-state index >= 15 is 0 Å². The van der Waals surface area contributed by atoms with E-state index in [2.05, 4.69) is 35.6 Å². The minimum atomic E-state index is -4.24. The Morgan fingerprint density at radius 2 is 1.63 bits per heavy atom. The van der Waals surface area contributed by atoms with Crippen LogP contribution in [0.4, 0.5) is 13.2 Å². The van der Waals surface area contributed by atoms with Gasteiger partial charge in [0.1, 0.15) is 0 Å². The van der Waals surface area contributed by atoms with Gasteiger partial charge in [-0.2, -0.15) is 0 Å². The van der Waals surface area contributed by atoms with Crippen LogP contribution in [0.25, 0.3) is 6.08 Å². The molecule has 5 heteroatoms. The van der Waals surface area contributed by atoms with Crippen molar-refractivity contribution in [3.63, 3.8) is 0 Å². The number of hydrogen-bond donors (Lipinski definition) is 0. The zero-order valence-electron chi connectivity index (χ0n) is 11.9. The summed E-state index contributed by atoms with van der Waals surface area (Å²) in [5.74, 6) is 0. The van der Waals surface area contributed by atoms with Gasteiger partial charge >= 0.3 is 118 Å². The Labute approximate surface area is 117 Å². The molecular formula is C14H19F3SiSn. The predicted molar refractivity (Wildman–Crippen MR) is 79.9 cm³/mol. The molecule has 19 heavy (non-hydrogen) atoms. The van der Waals surface area contributed by atoms with Crippen molar-refractivity contribution in [2.24, 2.45) is 0 Å². The summed E-state index contributed by atoms with van der Waals surface area (Å²) in [6.07, 6.45) is -2.04. The average Bonchev–Trinajstić information content (AvgIpc) is 2.48. The minimum absolute atomic E-state index is 0.499. The second-order valence-electron chi connectivity index (χ2n) is 6.73. The van der Waals surface area contributed by atoms with Crippen molar-refractivity contribution >= 4 is 36.1 Å². The summed E-state index contributed by atoms with van der Waals surface area (Å²) < 4.78 is 41.1. The monoisotopic (exact) mass is 392 g/mol. The Bertz CT molecular complexity index is 551. The number of halogens is 3. The van der Waals surface area contributed by atoms with Gasteiger partial charge in [0.05, 0.1) is 0 Å². The van der Waals surface area contributed by atoms with Gasteiger partial charge in [-0.15, -0.1) is 0 Å². The van der Waals surface area contributed by atoms with Gasteiger partial charge in [-0.25, -0.2) is 0 Å². The second-order valence-corrected chi connectivity index (χ2v) is 25.5. The van der Waals surface area contributed by atoms with Gasteiger partial charge in [0.15, 0.2) is 0 Å². The van der Waals surface area contributed by atoms with Gasteiger partial charge in [-0.3, -0.25) is 0 Å². The van der Waals surface area contributed by atoms with E-state index in [-0.39, 0.29) is 0 Å². The molecular weight excluding hydrogens is 372 g/mol. The summed E-state index contributed by atoms with van der Waals surface area (Å²) in [6.45, 7) is 6.86. The maximum absolute atomic E-state index is 12.9. The Morgan fingerprint density at radius 1 is 1.05 bits per heavy atom. The third kappa shape index (κ3) is 2.66. The molecule has 0 atom stereocenters. The summed E-state index contributed by atoms with van der Waals surface area (Å²) in [4.78, 5) is 4.48. The molecule has 0 nitrogen and oxygen atoms in total. The number of benzene rings is 1. The van der Waals surface area contributed by atoms with Crippen molar-refractivity contribution in [1.82, 2.24) is 0 Å². The van der Waals surface area contributed by atoms with Crippen molar-refractivity contribution in [1.29, 1.82) is 0 Å². The molecule has 0 amide bonds. The first-order valence-electron chi connectivity index (χ1n) is 6.38. The molecule has 0 unspecified atom stereocenters. The predicted octanol–water partition coefficient (Wildman–Crippen LogP) is 4.43. The Kier molecular flexibility index (Phi) is 3.49. The van der Waals surface area contributed by atoms with Crippen LogP contribution in [-0.2, 0) is 6.18 Å². The summed E-state index contributed by atoms with van der Waals surface area (Å²) in [5, 5.41) is 0. The third-order valence-electron chi connectivity index (χ3n) is 3.84. The molecule has 0 spiro atoms. The Balaban J connectivity index is 2.57. The fraction of sp³-hybridized carbons (Fsp3) is 0.429. The summed E-state index contributed by atoms with van der Waals surface area (Å²) >= 11 is -2.74. The van der Waals surface area contributed by atoms with Gasteiger partial charge in [-0.1, -0.05) is 0 Å². The van der Waals surface area contributed by atoms with E-state index < -0.39 is 38.2 Å². The molecule has 0 saturated carbocycles. The molecule has 0 N–H and O–H groups in total. The van der Waals surface area contributed by atoms with Crippen molar-refractivity contribution in [2.75, 3.05) is 0 Å². The van der Waals surface area contributed by atoms with Crippen molar-refractivity contribution in [2.45, 2.75) is 35.7 Å². The first-order chi connectivity index (χ1) is 8.44. The van der Waals surface area contributed by atoms with E-state index in [4.69, 9.17) is 0 Å². The Morgan fingerprint density at radius 3 is 2.11 bits per heavy atom. The zero-order chi connectivity index (χ0) is 14.6. The molecule has 0 saturated heterocycles. The van der Waals surface area contributed by atoms with Gasteiger partial charge in [0.2, 0.25) is 0 Å². The van der Waals surface area contributed by atoms with Crippen LogP contribution in [0.3, 0.4) is 0 Å². The van der Waals surface area contributed by atoms with Crippen molar-refractivity contribution in [3.8, 4) is 0 Å². The quantitative estimate of drug-likeness (QED) is 0.622. The number of hydrogen-bond acceptors (Lipinski definition) is 0. The van der Waals surface area contributed by atoms with Crippen LogP contribution >= 0.6 is 0 Å². The maximum atomic E-state index is 12.9. The summed E-state index contributed by atoms with van der Waals surface area (Å²) in [7, 11) is -1.45. The van der Waals surface area contributed by atoms with Gasteiger partial charge in [0.25, 0.3) is 0 Å². The van der Waals surface area contributed by atoms with Crippen LogP contribution in [0.15, 0.2) is 21.4 Å². The van der Waals surface area contributed by atoms with E-state index in [1.807, 2.05) is 0 Å². The van der Waals surface area contributed by atoms with Gasteiger partial charge < -0.3 is 0 Å². The normalized spacial score (nSPS) is 18.2. The number of fused-ring (bicyclic) bond motifs is 1. The van der Waals surface area contributed by atoms with Gasteiger partial charge in [-0.05, 0) is 0 Å². The van der Waals surface area contributed by atoms with Crippen LogP contribution in [-0.4, -0.2) is 26.5 Å².